The second kappa shape index (κ2) is 6.44. The molecule has 2 aromatic rings. The lowest BCUT2D eigenvalue weighted by atomic mass is 9.97. The van der Waals surface area contributed by atoms with Crippen LogP contribution in [-0.2, 0) is 0 Å². The quantitative estimate of drug-likeness (QED) is 0.868. The lowest BCUT2D eigenvalue weighted by molar-refractivity contribution is 0.350. The van der Waals surface area contributed by atoms with Gasteiger partial charge in [-0.15, -0.1) is 0 Å². The van der Waals surface area contributed by atoms with Crippen LogP contribution in [0.4, 0.5) is 5.82 Å². The van der Waals surface area contributed by atoms with Crippen molar-refractivity contribution in [1.82, 2.24) is 9.97 Å². The number of para-hydroxylation sites is 1. The minimum atomic E-state index is 0.412. The zero-order chi connectivity index (χ0) is 16.4. The predicted molar refractivity (Wildman–Crippen MR) is 90.6 cm³/mol. The summed E-state index contributed by atoms with van der Waals surface area (Å²) in [6, 6.07) is 6.10. The van der Waals surface area contributed by atoms with Gasteiger partial charge in [-0.1, -0.05) is 12.1 Å². The molecule has 0 N–H and O–H groups in total. The van der Waals surface area contributed by atoms with Crippen LogP contribution in [0.2, 0.25) is 0 Å². The van der Waals surface area contributed by atoms with E-state index in [0.717, 1.165) is 48.1 Å². The first kappa shape index (κ1) is 15.6. The van der Waals surface area contributed by atoms with E-state index in [2.05, 4.69) is 27.9 Å². The van der Waals surface area contributed by atoms with Gasteiger partial charge >= 0.3 is 0 Å². The Kier molecular flexibility index (Phi) is 4.37. The maximum Gasteiger partial charge on any atom is 0.164 e. The zero-order valence-electron chi connectivity index (χ0n) is 14.2. The highest BCUT2D eigenvalue weighted by Gasteiger charge is 2.29. The third kappa shape index (κ3) is 2.83. The van der Waals surface area contributed by atoms with Gasteiger partial charge in [0.15, 0.2) is 11.5 Å². The third-order valence-electron chi connectivity index (χ3n) is 4.67. The van der Waals surface area contributed by atoms with Gasteiger partial charge in [0, 0.05) is 35.8 Å². The molecule has 1 saturated heterocycles. The summed E-state index contributed by atoms with van der Waals surface area (Å²) < 4.78 is 11.0. The maximum absolute atomic E-state index is 5.59. The first-order valence-corrected chi connectivity index (χ1v) is 7.89. The SMILES string of the molecule is COc1cccc([C@@H]2CCN(c3ncnc(C)c3C)C2)c1OC. The molecule has 3 rings (SSSR count). The van der Waals surface area contributed by atoms with Crippen LogP contribution in [0, 0.1) is 13.8 Å². The summed E-state index contributed by atoms with van der Waals surface area (Å²) >= 11 is 0. The van der Waals surface area contributed by atoms with E-state index in [1.165, 1.54) is 5.56 Å². The molecule has 1 aromatic carbocycles. The molecule has 1 aliphatic rings. The van der Waals surface area contributed by atoms with Crippen LogP contribution in [-0.4, -0.2) is 37.3 Å². The Morgan fingerprint density at radius 3 is 2.70 bits per heavy atom. The summed E-state index contributed by atoms with van der Waals surface area (Å²) in [7, 11) is 3.38. The number of anilines is 1. The van der Waals surface area contributed by atoms with Crippen LogP contribution in [0.15, 0.2) is 24.5 Å². The van der Waals surface area contributed by atoms with Gasteiger partial charge in [-0.3, -0.25) is 0 Å². The highest BCUT2D eigenvalue weighted by atomic mass is 16.5. The molecule has 0 spiro atoms. The topological polar surface area (TPSA) is 47.5 Å². The molecule has 2 heterocycles. The second-order valence-electron chi connectivity index (χ2n) is 5.92. The molecule has 0 saturated carbocycles. The molecular formula is C18H23N3O2. The van der Waals surface area contributed by atoms with E-state index in [1.54, 1.807) is 20.5 Å². The third-order valence-corrected chi connectivity index (χ3v) is 4.67. The molecule has 0 unspecified atom stereocenters. The van der Waals surface area contributed by atoms with Gasteiger partial charge in [0.25, 0.3) is 0 Å². The van der Waals surface area contributed by atoms with Crippen LogP contribution in [0.1, 0.15) is 29.2 Å². The van der Waals surface area contributed by atoms with Crippen molar-refractivity contribution in [2.45, 2.75) is 26.2 Å². The van der Waals surface area contributed by atoms with E-state index in [-0.39, 0.29) is 0 Å². The van der Waals surface area contributed by atoms with Gasteiger partial charge < -0.3 is 14.4 Å². The van der Waals surface area contributed by atoms with Gasteiger partial charge in [0.1, 0.15) is 12.1 Å². The van der Waals surface area contributed by atoms with E-state index in [0.29, 0.717) is 5.92 Å². The minimum Gasteiger partial charge on any atom is -0.493 e. The Balaban J connectivity index is 1.87. The first-order valence-electron chi connectivity index (χ1n) is 7.89. The average Bonchev–Trinajstić information content (AvgIpc) is 3.06. The summed E-state index contributed by atoms with van der Waals surface area (Å²) in [6.45, 7) is 6.03. The van der Waals surface area contributed by atoms with Crippen LogP contribution >= 0.6 is 0 Å². The standard InChI is InChI=1S/C18H23N3O2/c1-12-13(2)19-11-20-18(12)21-9-8-14(10-21)15-6-5-7-16(22-3)17(15)23-4/h5-7,11,14H,8-10H2,1-4H3/t14-/m1/s1. The summed E-state index contributed by atoms with van der Waals surface area (Å²) in [5, 5.41) is 0. The Morgan fingerprint density at radius 1 is 1.13 bits per heavy atom. The van der Waals surface area contributed by atoms with E-state index >= 15 is 0 Å². The Bertz CT molecular complexity index is 703. The number of hydrogen-bond acceptors (Lipinski definition) is 5. The minimum absolute atomic E-state index is 0.412. The number of nitrogens with zero attached hydrogens (tertiary/aromatic N) is 3. The molecule has 1 fully saturated rings. The second-order valence-corrected chi connectivity index (χ2v) is 5.92. The van der Waals surface area contributed by atoms with Gasteiger partial charge in [0.2, 0.25) is 0 Å². The van der Waals surface area contributed by atoms with Crippen LogP contribution in [0.3, 0.4) is 0 Å². The van der Waals surface area contributed by atoms with Gasteiger partial charge in [-0.2, -0.15) is 0 Å². The van der Waals surface area contributed by atoms with Gasteiger partial charge in [-0.05, 0) is 26.3 Å². The lowest BCUT2D eigenvalue weighted by Crippen LogP contribution is -2.22. The molecule has 5 heteroatoms. The Morgan fingerprint density at radius 2 is 1.96 bits per heavy atom. The highest BCUT2D eigenvalue weighted by Crippen LogP contribution is 2.40. The lowest BCUT2D eigenvalue weighted by Gasteiger charge is -2.21. The Hall–Kier alpha value is -2.30. The van der Waals surface area contributed by atoms with E-state index in [1.807, 2.05) is 19.1 Å². The van der Waals surface area contributed by atoms with Crippen molar-refractivity contribution in [2.24, 2.45) is 0 Å². The molecule has 1 aliphatic heterocycles. The van der Waals surface area contributed by atoms with E-state index in [4.69, 9.17) is 9.47 Å². The molecule has 0 bridgehead atoms. The molecule has 0 radical (unpaired) electrons. The molecule has 0 aliphatic carbocycles. The molecule has 122 valence electrons. The molecule has 5 nitrogen and oxygen atoms in total. The van der Waals surface area contributed by atoms with Crippen molar-refractivity contribution in [3.8, 4) is 11.5 Å². The maximum atomic E-state index is 5.59. The number of aromatic nitrogens is 2. The molecule has 0 amide bonds. The highest BCUT2D eigenvalue weighted by molar-refractivity contribution is 5.52. The van der Waals surface area contributed by atoms with Crippen LogP contribution in [0.5, 0.6) is 11.5 Å². The summed E-state index contributed by atoms with van der Waals surface area (Å²) in [6.07, 6.45) is 2.73. The van der Waals surface area contributed by atoms with E-state index in [9.17, 15) is 0 Å². The smallest absolute Gasteiger partial charge is 0.164 e. The number of aryl methyl sites for hydroxylation is 1. The first-order chi connectivity index (χ1) is 11.2. The summed E-state index contributed by atoms with van der Waals surface area (Å²) in [4.78, 5) is 11.1. The van der Waals surface area contributed by atoms with Crippen molar-refractivity contribution in [3.63, 3.8) is 0 Å². The average molecular weight is 313 g/mol. The summed E-state index contributed by atoms with van der Waals surface area (Å²) in [5.74, 6) is 3.09. The molecule has 1 atom stereocenters. The normalized spacial score (nSPS) is 17.4. The number of hydrogen-bond donors (Lipinski definition) is 0. The van der Waals surface area contributed by atoms with Crippen molar-refractivity contribution < 1.29 is 9.47 Å². The Labute approximate surface area is 137 Å². The fraction of sp³-hybridized carbons (Fsp3) is 0.444. The predicted octanol–water partition coefficient (Wildman–Crippen LogP) is 3.10. The van der Waals surface area contributed by atoms with Crippen LogP contribution in [0.25, 0.3) is 0 Å². The number of methoxy groups -OCH3 is 2. The van der Waals surface area contributed by atoms with Crippen LogP contribution < -0.4 is 14.4 Å². The zero-order valence-corrected chi connectivity index (χ0v) is 14.2. The van der Waals surface area contributed by atoms with Gasteiger partial charge in [0.05, 0.1) is 14.2 Å². The van der Waals surface area contributed by atoms with Crippen molar-refractivity contribution in [2.75, 3.05) is 32.2 Å². The van der Waals surface area contributed by atoms with Crippen molar-refractivity contribution in [1.29, 1.82) is 0 Å². The molecule has 1 aromatic heterocycles. The fourth-order valence-corrected chi connectivity index (χ4v) is 3.28. The fourth-order valence-electron chi connectivity index (χ4n) is 3.28. The number of ether oxygens (including phenoxy) is 2. The largest absolute Gasteiger partial charge is 0.493 e. The molecular weight excluding hydrogens is 290 g/mol. The summed E-state index contributed by atoms with van der Waals surface area (Å²) in [5.41, 5.74) is 3.40. The number of rotatable bonds is 4. The van der Waals surface area contributed by atoms with Crippen molar-refractivity contribution >= 4 is 5.82 Å². The number of benzene rings is 1. The molecule has 23 heavy (non-hydrogen) atoms. The van der Waals surface area contributed by atoms with Gasteiger partial charge in [-0.25, -0.2) is 9.97 Å². The van der Waals surface area contributed by atoms with E-state index < -0.39 is 0 Å². The van der Waals surface area contributed by atoms with Crippen molar-refractivity contribution in [3.05, 3.63) is 41.3 Å². The monoisotopic (exact) mass is 313 g/mol.